The lowest BCUT2D eigenvalue weighted by molar-refractivity contribution is -0.189. The Balaban J connectivity index is 1.55. The van der Waals surface area contributed by atoms with E-state index in [1.807, 2.05) is 6.92 Å². The molecule has 0 spiro atoms. The van der Waals surface area contributed by atoms with Crippen molar-refractivity contribution in [3.8, 4) is 0 Å². The molecule has 0 bridgehead atoms. The molecule has 0 saturated heterocycles. The molecule has 0 aromatic heterocycles. The predicted octanol–water partition coefficient (Wildman–Crippen LogP) is 4.50. The molecule has 4 aliphatic rings. The van der Waals surface area contributed by atoms with E-state index in [-0.39, 0.29) is 41.1 Å². The van der Waals surface area contributed by atoms with Gasteiger partial charge in [-0.15, -0.1) is 0 Å². The summed E-state index contributed by atoms with van der Waals surface area (Å²) in [6.45, 7) is 9.78. The van der Waals surface area contributed by atoms with Crippen LogP contribution in [0.5, 0.6) is 0 Å². The molecule has 10 atom stereocenters. The second-order valence-electron chi connectivity index (χ2n) is 11.4. The maximum Gasteiger partial charge on any atom is 0.302 e. The molecule has 4 aliphatic carbocycles. The molecule has 0 amide bonds. The number of ether oxygens (including phenoxy) is 2. The van der Waals surface area contributed by atoms with Gasteiger partial charge in [-0.05, 0) is 92.8 Å². The van der Waals surface area contributed by atoms with Gasteiger partial charge in [-0.1, -0.05) is 13.8 Å². The van der Waals surface area contributed by atoms with Crippen LogP contribution >= 0.6 is 0 Å². The van der Waals surface area contributed by atoms with Gasteiger partial charge in [0.15, 0.2) is 0 Å². The number of hydrogen-bond donors (Lipinski definition) is 1. The molecule has 0 unspecified atom stereocenters. The van der Waals surface area contributed by atoms with Crippen molar-refractivity contribution in [3.63, 3.8) is 0 Å². The van der Waals surface area contributed by atoms with Crippen LogP contribution in [0.4, 0.5) is 0 Å². The number of hydrogen-bond acceptors (Lipinski definition) is 5. The number of aliphatic hydroxyl groups excluding tert-OH is 1. The van der Waals surface area contributed by atoms with E-state index in [1.165, 1.54) is 26.7 Å². The number of esters is 2. The highest BCUT2D eigenvalue weighted by Crippen LogP contribution is 2.68. The maximum atomic E-state index is 11.6. The molecule has 5 heteroatoms. The number of carbonyl (C=O) groups excluding carboxylic acids is 2. The highest BCUT2D eigenvalue weighted by Gasteiger charge is 2.63. The lowest BCUT2D eigenvalue weighted by Gasteiger charge is -2.62. The summed E-state index contributed by atoms with van der Waals surface area (Å²) in [4.78, 5) is 23.0. The Morgan fingerprint density at radius 3 is 2.40 bits per heavy atom. The van der Waals surface area contributed by atoms with E-state index in [0.29, 0.717) is 29.6 Å². The summed E-state index contributed by atoms with van der Waals surface area (Å²) < 4.78 is 11.2. The molecule has 0 heterocycles. The molecule has 0 aliphatic heterocycles. The Hall–Kier alpha value is -1.10. The average Bonchev–Trinajstić information content (AvgIpc) is 2.97. The van der Waals surface area contributed by atoms with Crippen LogP contribution in [0.2, 0.25) is 0 Å². The topological polar surface area (TPSA) is 72.8 Å². The van der Waals surface area contributed by atoms with E-state index in [9.17, 15) is 14.7 Å². The summed E-state index contributed by atoms with van der Waals surface area (Å²) in [5.41, 5.74) is 0.160. The fraction of sp³-hybridized carbons (Fsp3) is 0.920. The van der Waals surface area contributed by atoms with E-state index in [4.69, 9.17) is 9.47 Å². The SMILES string of the molecule is CC(=O)O[C@@H]1CC[C@@]2(C)[C@H](CC[C@@H]3[C@@H]2[C@H](O)C[C@]2(C)[C@@H]([C@@H](C)OC(C)=O)CC[C@@H]32)C1. The van der Waals surface area contributed by atoms with Gasteiger partial charge in [-0.3, -0.25) is 9.59 Å². The molecular weight excluding hydrogens is 380 g/mol. The second kappa shape index (κ2) is 7.79. The minimum Gasteiger partial charge on any atom is -0.463 e. The van der Waals surface area contributed by atoms with Gasteiger partial charge in [0.25, 0.3) is 0 Å². The Kier molecular flexibility index (Phi) is 5.74. The third-order valence-corrected chi connectivity index (χ3v) is 9.87. The monoisotopic (exact) mass is 420 g/mol. The fourth-order valence-corrected chi connectivity index (χ4v) is 8.84. The van der Waals surface area contributed by atoms with Crippen molar-refractivity contribution in [2.75, 3.05) is 0 Å². The number of rotatable bonds is 3. The highest BCUT2D eigenvalue weighted by atomic mass is 16.5. The van der Waals surface area contributed by atoms with Crippen LogP contribution in [0.15, 0.2) is 0 Å². The molecule has 4 saturated carbocycles. The van der Waals surface area contributed by atoms with Gasteiger partial charge >= 0.3 is 11.9 Å². The normalized spacial score (nSPS) is 48.7. The summed E-state index contributed by atoms with van der Waals surface area (Å²) in [7, 11) is 0. The van der Waals surface area contributed by atoms with Crippen molar-refractivity contribution in [2.45, 2.75) is 104 Å². The smallest absolute Gasteiger partial charge is 0.302 e. The van der Waals surface area contributed by atoms with Crippen molar-refractivity contribution < 1.29 is 24.2 Å². The second-order valence-corrected chi connectivity index (χ2v) is 11.4. The first-order chi connectivity index (χ1) is 14.1. The largest absolute Gasteiger partial charge is 0.463 e. The van der Waals surface area contributed by atoms with Crippen molar-refractivity contribution >= 4 is 11.9 Å². The van der Waals surface area contributed by atoms with E-state index >= 15 is 0 Å². The molecule has 1 N–H and O–H groups in total. The van der Waals surface area contributed by atoms with Crippen LogP contribution in [-0.2, 0) is 19.1 Å². The zero-order chi connectivity index (χ0) is 21.8. The fourth-order valence-electron chi connectivity index (χ4n) is 8.84. The van der Waals surface area contributed by atoms with Crippen LogP contribution < -0.4 is 0 Å². The highest BCUT2D eigenvalue weighted by molar-refractivity contribution is 5.66. The van der Waals surface area contributed by atoms with Gasteiger partial charge in [0.05, 0.1) is 6.10 Å². The standard InChI is InChI=1S/C25H40O5/c1-14(29-15(2)26)20-8-9-21-19-7-6-17-12-18(30-16(3)27)10-11-24(17,4)23(19)22(28)13-25(20,21)5/h14,17-23,28H,6-13H2,1-5H3/t14-,17-,18-,19+,20-,21+,22-,23-,24+,25-/m1/s1. The van der Waals surface area contributed by atoms with Gasteiger partial charge in [0.1, 0.15) is 12.2 Å². The van der Waals surface area contributed by atoms with E-state index in [2.05, 4.69) is 13.8 Å². The Labute approximate surface area is 181 Å². The van der Waals surface area contributed by atoms with Crippen LogP contribution in [-0.4, -0.2) is 35.4 Å². The van der Waals surface area contributed by atoms with E-state index in [1.54, 1.807) is 0 Å². The summed E-state index contributed by atoms with van der Waals surface area (Å²) in [6.07, 6.45) is 7.93. The lowest BCUT2D eigenvalue weighted by atomic mass is 9.44. The first kappa shape index (κ1) is 22.1. The van der Waals surface area contributed by atoms with Crippen LogP contribution in [0.1, 0.15) is 86.0 Å². The number of carbonyl (C=O) groups is 2. The van der Waals surface area contributed by atoms with Gasteiger partial charge in [0, 0.05) is 19.8 Å². The first-order valence-electron chi connectivity index (χ1n) is 12.1. The predicted molar refractivity (Wildman–Crippen MR) is 113 cm³/mol. The van der Waals surface area contributed by atoms with Gasteiger partial charge in [-0.2, -0.15) is 0 Å². The van der Waals surface area contributed by atoms with Crippen LogP contribution in [0, 0.1) is 40.4 Å². The molecule has 4 rings (SSSR count). The number of aliphatic hydroxyl groups is 1. The van der Waals surface area contributed by atoms with Crippen molar-refractivity contribution in [1.82, 2.24) is 0 Å². The minimum atomic E-state index is -0.306. The van der Waals surface area contributed by atoms with E-state index in [0.717, 1.165) is 38.5 Å². The molecule has 0 radical (unpaired) electrons. The molecule has 0 aromatic carbocycles. The summed E-state index contributed by atoms with van der Waals surface area (Å²) in [5, 5.41) is 11.5. The Bertz CT molecular complexity index is 691. The Morgan fingerprint density at radius 2 is 1.73 bits per heavy atom. The molecule has 5 nitrogen and oxygen atoms in total. The van der Waals surface area contributed by atoms with E-state index < -0.39 is 0 Å². The zero-order valence-corrected chi connectivity index (χ0v) is 19.4. The molecule has 170 valence electrons. The lowest BCUT2D eigenvalue weighted by Crippen LogP contribution is -2.59. The molecular formula is C25H40O5. The van der Waals surface area contributed by atoms with Crippen molar-refractivity contribution in [1.29, 1.82) is 0 Å². The third-order valence-electron chi connectivity index (χ3n) is 9.87. The first-order valence-corrected chi connectivity index (χ1v) is 12.1. The van der Waals surface area contributed by atoms with Gasteiger partial charge in [-0.25, -0.2) is 0 Å². The van der Waals surface area contributed by atoms with Crippen LogP contribution in [0.3, 0.4) is 0 Å². The van der Waals surface area contributed by atoms with Crippen molar-refractivity contribution in [3.05, 3.63) is 0 Å². The average molecular weight is 421 g/mol. The molecule has 30 heavy (non-hydrogen) atoms. The summed E-state index contributed by atoms with van der Waals surface area (Å²) in [6, 6.07) is 0. The van der Waals surface area contributed by atoms with Gasteiger partial charge < -0.3 is 14.6 Å². The minimum absolute atomic E-state index is 0.0353. The Morgan fingerprint density at radius 1 is 1.00 bits per heavy atom. The number of fused-ring (bicyclic) bond motifs is 5. The summed E-state index contributed by atoms with van der Waals surface area (Å²) >= 11 is 0. The van der Waals surface area contributed by atoms with Crippen molar-refractivity contribution in [2.24, 2.45) is 40.4 Å². The quantitative estimate of drug-likeness (QED) is 0.681. The summed E-state index contributed by atoms with van der Waals surface area (Å²) in [5.74, 6) is 1.93. The molecule has 4 fully saturated rings. The zero-order valence-electron chi connectivity index (χ0n) is 19.4. The van der Waals surface area contributed by atoms with Gasteiger partial charge in [0.2, 0.25) is 0 Å². The van der Waals surface area contributed by atoms with Crippen LogP contribution in [0.25, 0.3) is 0 Å². The third kappa shape index (κ3) is 3.49. The molecule has 0 aromatic rings. The maximum absolute atomic E-state index is 11.6.